The summed E-state index contributed by atoms with van der Waals surface area (Å²) in [5, 5.41) is -0.665. The van der Waals surface area contributed by atoms with E-state index in [1.54, 1.807) is 38.5 Å². The van der Waals surface area contributed by atoms with Crippen LogP contribution in [0, 0.1) is 5.82 Å². The Hall–Kier alpha value is -1.94. The van der Waals surface area contributed by atoms with Gasteiger partial charge in [-0.05, 0) is 30.3 Å². The Kier molecular flexibility index (Phi) is 4.91. The van der Waals surface area contributed by atoms with Crippen molar-refractivity contribution < 1.29 is 18.6 Å². The summed E-state index contributed by atoms with van der Waals surface area (Å²) in [6.07, 6.45) is 0. The van der Waals surface area contributed by atoms with E-state index in [2.05, 4.69) is 0 Å². The van der Waals surface area contributed by atoms with Gasteiger partial charge in [0, 0.05) is 5.56 Å². The van der Waals surface area contributed by atoms with Crippen LogP contribution in [0.2, 0.25) is 0 Å². The first-order valence-corrected chi connectivity index (χ1v) is 6.74. The Bertz CT molecular complexity index is 609. The normalized spacial score (nSPS) is 11.9. The smallest absolute Gasteiger partial charge is 0.127 e. The first-order chi connectivity index (χ1) is 10.1. The maximum atomic E-state index is 13.5. The van der Waals surface area contributed by atoms with E-state index < -0.39 is 5.38 Å². The van der Waals surface area contributed by atoms with Gasteiger partial charge in [-0.1, -0.05) is 6.07 Å². The molecule has 21 heavy (non-hydrogen) atoms. The molecule has 0 radical (unpaired) electrons. The van der Waals surface area contributed by atoms with Gasteiger partial charge in [-0.2, -0.15) is 0 Å². The average molecular weight is 311 g/mol. The predicted octanol–water partition coefficient (Wildman–Crippen LogP) is 4.18. The van der Waals surface area contributed by atoms with Crippen LogP contribution in [0.1, 0.15) is 16.5 Å². The van der Waals surface area contributed by atoms with Gasteiger partial charge in [0.25, 0.3) is 0 Å². The molecule has 0 saturated carbocycles. The second-order valence-electron chi connectivity index (χ2n) is 4.33. The summed E-state index contributed by atoms with van der Waals surface area (Å²) in [5.74, 6) is 1.26. The van der Waals surface area contributed by atoms with Crippen molar-refractivity contribution in [1.29, 1.82) is 0 Å². The molecule has 1 atom stereocenters. The minimum Gasteiger partial charge on any atom is -0.496 e. The van der Waals surface area contributed by atoms with Crippen LogP contribution in [0.15, 0.2) is 36.4 Å². The molecule has 0 saturated heterocycles. The number of hydrogen-bond acceptors (Lipinski definition) is 3. The Morgan fingerprint density at radius 2 is 1.48 bits per heavy atom. The lowest BCUT2D eigenvalue weighted by Gasteiger charge is -2.19. The summed E-state index contributed by atoms with van der Waals surface area (Å²) in [4.78, 5) is 0. The van der Waals surface area contributed by atoms with Crippen LogP contribution >= 0.6 is 11.6 Å². The van der Waals surface area contributed by atoms with Gasteiger partial charge in [0.05, 0.1) is 32.3 Å². The van der Waals surface area contributed by atoms with Crippen molar-refractivity contribution in [2.24, 2.45) is 0 Å². The molecule has 1 unspecified atom stereocenters. The third kappa shape index (κ3) is 3.05. The van der Waals surface area contributed by atoms with Crippen molar-refractivity contribution in [3.8, 4) is 17.2 Å². The molecule has 2 aromatic carbocycles. The topological polar surface area (TPSA) is 27.7 Å². The lowest BCUT2D eigenvalue weighted by Crippen LogP contribution is -2.03. The molecule has 3 nitrogen and oxygen atoms in total. The highest BCUT2D eigenvalue weighted by Gasteiger charge is 2.23. The maximum Gasteiger partial charge on any atom is 0.127 e. The molecular formula is C16H16ClFO3. The van der Waals surface area contributed by atoms with E-state index in [0.717, 1.165) is 0 Å². The van der Waals surface area contributed by atoms with E-state index in [1.807, 2.05) is 0 Å². The summed E-state index contributed by atoms with van der Waals surface area (Å²) in [6, 6.07) is 9.57. The zero-order valence-electron chi connectivity index (χ0n) is 12.0. The fraction of sp³-hybridized carbons (Fsp3) is 0.250. The van der Waals surface area contributed by atoms with Gasteiger partial charge in [0.1, 0.15) is 23.1 Å². The van der Waals surface area contributed by atoms with E-state index >= 15 is 0 Å². The molecule has 0 aliphatic carbocycles. The van der Waals surface area contributed by atoms with Crippen molar-refractivity contribution in [3.63, 3.8) is 0 Å². The van der Waals surface area contributed by atoms with Crippen molar-refractivity contribution in [2.45, 2.75) is 5.38 Å². The molecule has 5 heteroatoms. The standard InChI is InChI=1S/C16H16ClFO3/c1-19-12-8-7-10(18)9-11(12)16(17)15-13(20-2)5-4-6-14(15)21-3/h4-9,16H,1-3H3. The molecule has 0 bridgehead atoms. The quantitative estimate of drug-likeness (QED) is 0.775. The van der Waals surface area contributed by atoms with Crippen LogP contribution in [-0.2, 0) is 0 Å². The third-order valence-corrected chi connectivity index (χ3v) is 3.64. The van der Waals surface area contributed by atoms with Crippen LogP contribution < -0.4 is 14.2 Å². The molecule has 0 heterocycles. The largest absolute Gasteiger partial charge is 0.496 e. The lowest BCUT2D eigenvalue weighted by atomic mass is 10.0. The van der Waals surface area contributed by atoms with Gasteiger partial charge in [0.2, 0.25) is 0 Å². The molecule has 0 aromatic heterocycles. The van der Waals surface area contributed by atoms with Crippen LogP contribution in [-0.4, -0.2) is 21.3 Å². The Morgan fingerprint density at radius 3 is 2.00 bits per heavy atom. The summed E-state index contributed by atoms with van der Waals surface area (Å²) >= 11 is 6.55. The number of hydrogen-bond donors (Lipinski definition) is 0. The Labute approximate surface area is 128 Å². The van der Waals surface area contributed by atoms with Crippen molar-refractivity contribution in [2.75, 3.05) is 21.3 Å². The van der Waals surface area contributed by atoms with Gasteiger partial charge in [-0.25, -0.2) is 4.39 Å². The molecule has 0 spiro atoms. The molecule has 0 aliphatic rings. The molecular weight excluding hydrogens is 295 g/mol. The first kappa shape index (κ1) is 15.4. The molecule has 0 aliphatic heterocycles. The van der Waals surface area contributed by atoms with Gasteiger partial charge >= 0.3 is 0 Å². The minimum atomic E-state index is -0.665. The maximum absolute atomic E-state index is 13.5. The summed E-state index contributed by atoms with van der Waals surface area (Å²) in [7, 11) is 4.61. The van der Waals surface area contributed by atoms with E-state index in [1.165, 1.54) is 19.2 Å². The molecule has 2 aromatic rings. The number of halogens is 2. The second-order valence-corrected chi connectivity index (χ2v) is 4.76. The third-order valence-electron chi connectivity index (χ3n) is 3.18. The Balaban J connectivity index is 2.59. The van der Waals surface area contributed by atoms with Crippen molar-refractivity contribution in [3.05, 3.63) is 53.3 Å². The van der Waals surface area contributed by atoms with E-state index in [0.29, 0.717) is 28.4 Å². The van der Waals surface area contributed by atoms with Crippen molar-refractivity contribution in [1.82, 2.24) is 0 Å². The molecule has 0 N–H and O–H groups in total. The number of alkyl halides is 1. The summed E-state index contributed by atoms with van der Waals surface area (Å²) in [6.45, 7) is 0. The van der Waals surface area contributed by atoms with Gasteiger partial charge in [0.15, 0.2) is 0 Å². The van der Waals surface area contributed by atoms with E-state index in [-0.39, 0.29) is 5.82 Å². The molecule has 112 valence electrons. The first-order valence-electron chi connectivity index (χ1n) is 6.30. The monoisotopic (exact) mass is 310 g/mol. The number of ether oxygens (including phenoxy) is 3. The number of rotatable bonds is 5. The van der Waals surface area contributed by atoms with Crippen molar-refractivity contribution >= 4 is 11.6 Å². The van der Waals surface area contributed by atoms with Crippen LogP contribution in [0.3, 0.4) is 0 Å². The minimum absolute atomic E-state index is 0.384. The molecule has 0 amide bonds. The molecule has 2 rings (SSSR count). The van der Waals surface area contributed by atoms with Gasteiger partial charge < -0.3 is 14.2 Å². The van der Waals surface area contributed by atoms with Gasteiger partial charge in [-0.15, -0.1) is 11.6 Å². The molecule has 0 fully saturated rings. The van der Waals surface area contributed by atoms with Gasteiger partial charge in [-0.3, -0.25) is 0 Å². The number of methoxy groups -OCH3 is 3. The Morgan fingerprint density at radius 1 is 0.905 bits per heavy atom. The predicted molar refractivity (Wildman–Crippen MR) is 80.2 cm³/mol. The summed E-state index contributed by atoms with van der Waals surface area (Å²) in [5.41, 5.74) is 1.15. The highest BCUT2D eigenvalue weighted by Crippen LogP contribution is 2.43. The van der Waals surface area contributed by atoms with E-state index in [9.17, 15) is 4.39 Å². The number of benzene rings is 2. The lowest BCUT2D eigenvalue weighted by molar-refractivity contribution is 0.384. The van der Waals surface area contributed by atoms with Crippen LogP contribution in [0.4, 0.5) is 4.39 Å². The van der Waals surface area contributed by atoms with Crippen LogP contribution in [0.5, 0.6) is 17.2 Å². The fourth-order valence-corrected chi connectivity index (χ4v) is 2.57. The zero-order valence-corrected chi connectivity index (χ0v) is 12.8. The van der Waals surface area contributed by atoms with Crippen LogP contribution in [0.25, 0.3) is 0 Å². The fourth-order valence-electron chi connectivity index (χ4n) is 2.19. The average Bonchev–Trinajstić information content (AvgIpc) is 2.53. The second kappa shape index (κ2) is 6.68. The summed E-state index contributed by atoms with van der Waals surface area (Å²) < 4.78 is 29.5. The zero-order chi connectivity index (χ0) is 15.4. The highest BCUT2D eigenvalue weighted by molar-refractivity contribution is 6.23. The highest BCUT2D eigenvalue weighted by atomic mass is 35.5. The SMILES string of the molecule is COc1ccc(F)cc1C(Cl)c1c(OC)cccc1OC. The van der Waals surface area contributed by atoms with E-state index in [4.69, 9.17) is 25.8 Å².